The summed E-state index contributed by atoms with van der Waals surface area (Å²) in [6.45, 7) is 18.9. The maximum Gasteiger partial charge on any atom is 0.408 e. The van der Waals surface area contributed by atoms with Crippen molar-refractivity contribution in [3.05, 3.63) is 35.9 Å². The van der Waals surface area contributed by atoms with Gasteiger partial charge in [-0.25, -0.2) is 4.79 Å². The Morgan fingerprint density at radius 3 is 1.90 bits per heavy atom. The van der Waals surface area contributed by atoms with Crippen LogP contribution in [0.1, 0.15) is 107 Å². The molecule has 52 heavy (non-hydrogen) atoms. The smallest absolute Gasteiger partial charge is 0.408 e. The van der Waals surface area contributed by atoms with Crippen molar-refractivity contribution < 1.29 is 33.8 Å². The van der Waals surface area contributed by atoms with E-state index in [2.05, 4.69) is 26.6 Å². The highest BCUT2D eigenvalue weighted by atomic mass is 32.2. The van der Waals surface area contributed by atoms with E-state index in [0.29, 0.717) is 38.0 Å². The molecule has 296 valence electrons. The van der Waals surface area contributed by atoms with Crippen LogP contribution >= 0.6 is 11.8 Å². The van der Waals surface area contributed by atoms with Crippen LogP contribution in [0.4, 0.5) is 4.79 Å². The van der Waals surface area contributed by atoms with Crippen molar-refractivity contribution in [2.45, 2.75) is 144 Å². The minimum Gasteiger partial charge on any atom is -0.444 e. The van der Waals surface area contributed by atoms with Crippen LogP contribution in [0.25, 0.3) is 0 Å². The van der Waals surface area contributed by atoms with Crippen LogP contribution in [0.5, 0.6) is 0 Å². The fourth-order valence-corrected chi connectivity index (χ4v) is 6.04. The van der Waals surface area contributed by atoms with E-state index in [1.165, 1.54) is 11.8 Å². The van der Waals surface area contributed by atoms with Gasteiger partial charge < -0.3 is 36.4 Å². The van der Waals surface area contributed by atoms with Crippen molar-refractivity contribution in [1.82, 2.24) is 26.6 Å². The Kier molecular flexibility index (Phi) is 21.0. The number of carbonyl (C=O) groups excluding carboxylic acids is 5. The standard InChI is InChI=1S/C39H67N5O7S/c1-12-26(6)33(44-38(50)51-39(8,9)10)37(49)41-29(18-19-52-11)36(48)42-30(20-24(2)3)32(45)22-27(7)34(46)43-31(21-25(4)5)35(47)40-23-28-16-14-13-15-17-28/h13-17,24-27,29-33,45H,12,18-23H2,1-11H3,(H,40,47)(H,41,49)(H,42,48)(H,43,46)(H,44,50)/t26-,27+,29-,30-,31-,32-,33-/m0/s1. The number of hydrogen-bond acceptors (Lipinski definition) is 8. The molecule has 5 amide bonds. The maximum absolute atomic E-state index is 13.8. The van der Waals surface area contributed by atoms with Gasteiger partial charge in [-0.05, 0) is 81.8 Å². The molecule has 1 rings (SSSR count). The summed E-state index contributed by atoms with van der Waals surface area (Å²) in [6.07, 6.45) is 1.94. The summed E-state index contributed by atoms with van der Waals surface area (Å²) in [7, 11) is 0. The molecule has 6 N–H and O–H groups in total. The molecule has 1 aromatic carbocycles. The predicted octanol–water partition coefficient (Wildman–Crippen LogP) is 4.93. The van der Waals surface area contributed by atoms with E-state index < -0.39 is 59.7 Å². The van der Waals surface area contributed by atoms with Crippen molar-refractivity contribution in [1.29, 1.82) is 0 Å². The van der Waals surface area contributed by atoms with Crippen LogP contribution in [0.2, 0.25) is 0 Å². The molecule has 0 saturated heterocycles. The Hall–Kier alpha value is -3.32. The number of nitrogens with one attached hydrogen (secondary N) is 5. The molecule has 0 bridgehead atoms. The van der Waals surface area contributed by atoms with Crippen LogP contribution in [0.15, 0.2) is 30.3 Å². The third-order valence-corrected chi connectivity index (χ3v) is 9.27. The number of amides is 5. The summed E-state index contributed by atoms with van der Waals surface area (Å²) < 4.78 is 5.38. The Morgan fingerprint density at radius 2 is 1.37 bits per heavy atom. The number of ether oxygens (including phenoxy) is 1. The quantitative estimate of drug-likeness (QED) is 0.0968. The molecule has 7 atom stereocenters. The molecule has 1 aromatic rings. The van der Waals surface area contributed by atoms with Crippen molar-refractivity contribution >= 4 is 41.5 Å². The molecule has 0 aromatic heterocycles. The molecule has 0 aliphatic rings. The number of benzene rings is 1. The zero-order valence-corrected chi connectivity index (χ0v) is 34.2. The van der Waals surface area contributed by atoms with E-state index in [1.807, 2.05) is 78.1 Å². The van der Waals surface area contributed by atoms with Gasteiger partial charge in [0.05, 0.1) is 12.1 Å². The molecule has 0 aliphatic carbocycles. The summed E-state index contributed by atoms with van der Waals surface area (Å²) in [5, 5.41) is 25.7. The topological polar surface area (TPSA) is 175 Å². The first-order chi connectivity index (χ1) is 24.3. The minimum absolute atomic E-state index is 0.0429. The maximum atomic E-state index is 13.8. The van der Waals surface area contributed by atoms with E-state index >= 15 is 0 Å². The second-order valence-corrected chi connectivity index (χ2v) is 16.7. The first-order valence-electron chi connectivity index (χ1n) is 18.7. The third-order valence-electron chi connectivity index (χ3n) is 8.62. The molecule has 0 unspecified atom stereocenters. The summed E-state index contributed by atoms with van der Waals surface area (Å²) in [5.41, 5.74) is 0.196. The zero-order chi connectivity index (χ0) is 39.6. The molecule has 0 heterocycles. The van der Waals surface area contributed by atoms with Gasteiger partial charge in [0.15, 0.2) is 0 Å². The third kappa shape index (κ3) is 18.4. The van der Waals surface area contributed by atoms with Crippen molar-refractivity contribution in [3.63, 3.8) is 0 Å². The molecular formula is C39H67N5O7S. The highest BCUT2D eigenvalue weighted by Gasteiger charge is 2.34. The van der Waals surface area contributed by atoms with Gasteiger partial charge in [0, 0.05) is 12.5 Å². The van der Waals surface area contributed by atoms with E-state index in [1.54, 1.807) is 27.7 Å². The fraction of sp³-hybridized carbons (Fsp3) is 0.718. The molecule has 0 fully saturated rings. The lowest BCUT2D eigenvalue weighted by Gasteiger charge is -2.31. The van der Waals surface area contributed by atoms with Crippen LogP contribution in [-0.2, 0) is 30.5 Å². The summed E-state index contributed by atoms with van der Waals surface area (Å²) in [5.74, 6) is -1.70. The van der Waals surface area contributed by atoms with E-state index in [0.717, 1.165) is 5.56 Å². The number of aliphatic hydroxyl groups excluding tert-OH is 1. The van der Waals surface area contributed by atoms with Gasteiger partial charge in [0.25, 0.3) is 0 Å². The molecule has 0 saturated carbocycles. The monoisotopic (exact) mass is 749 g/mol. The summed E-state index contributed by atoms with van der Waals surface area (Å²) in [4.78, 5) is 66.4. The molecule has 0 spiro atoms. The lowest BCUT2D eigenvalue weighted by molar-refractivity contribution is -0.132. The molecular weight excluding hydrogens is 683 g/mol. The minimum atomic E-state index is -1.08. The van der Waals surface area contributed by atoms with Gasteiger partial charge in [-0.15, -0.1) is 0 Å². The van der Waals surface area contributed by atoms with Crippen LogP contribution in [0, 0.1) is 23.7 Å². The summed E-state index contributed by atoms with van der Waals surface area (Å²) >= 11 is 1.53. The average molecular weight is 750 g/mol. The fourth-order valence-electron chi connectivity index (χ4n) is 5.56. The lowest BCUT2D eigenvalue weighted by Crippen LogP contribution is -2.58. The van der Waals surface area contributed by atoms with E-state index in [9.17, 15) is 29.1 Å². The Bertz CT molecular complexity index is 1260. The van der Waals surface area contributed by atoms with E-state index in [-0.39, 0.29) is 36.0 Å². The first-order valence-corrected chi connectivity index (χ1v) is 20.1. The van der Waals surface area contributed by atoms with Gasteiger partial charge in [-0.3, -0.25) is 19.2 Å². The normalized spacial score (nSPS) is 15.7. The second kappa shape index (κ2) is 23.4. The van der Waals surface area contributed by atoms with Crippen LogP contribution in [-0.4, -0.2) is 82.7 Å². The molecule has 0 radical (unpaired) electrons. The highest BCUT2D eigenvalue weighted by Crippen LogP contribution is 2.18. The number of carbonyl (C=O) groups is 5. The Morgan fingerprint density at radius 1 is 0.769 bits per heavy atom. The van der Waals surface area contributed by atoms with Crippen molar-refractivity contribution in [2.75, 3.05) is 12.0 Å². The summed E-state index contributed by atoms with van der Waals surface area (Å²) in [6, 6.07) is 6.22. The number of thioether (sulfide) groups is 1. The van der Waals surface area contributed by atoms with Crippen molar-refractivity contribution in [3.8, 4) is 0 Å². The molecule has 0 aliphatic heterocycles. The Labute approximate surface area is 316 Å². The lowest BCUT2D eigenvalue weighted by atomic mass is 9.91. The van der Waals surface area contributed by atoms with Gasteiger partial charge >= 0.3 is 6.09 Å². The first kappa shape index (κ1) is 46.7. The van der Waals surface area contributed by atoms with Gasteiger partial charge in [-0.1, -0.05) is 85.2 Å². The Balaban J connectivity index is 3.06. The molecule has 13 heteroatoms. The average Bonchev–Trinajstić information content (AvgIpc) is 3.05. The predicted molar refractivity (Wildman–Crippen MR) is 208 cm³/mol. The number of alkyl carbamates (subject to hydrolysis) is 1. The largest absolute Gasteiger partial charge is 0.444 e. The molecule has 12 nitrogen and oxygen atoms in total. The van der Waals surface area contributed by atoms with Crippen molar-refractivity contribution in [2.24, 2.45) is 23.7 Å². The number of rotatable bonds is 22. The van der Waals surface area contributed by atoms with Crippen LogP contribution < -0.4 is 26.6 Å². The zero-order valence-electron chi connectivity index (χ0n) is 33.3. The van der Waals surface area contributed by atoms with Crippen LogP contribution in [0.3, 0.4) is 0 Å². The number of hydrogen-bond donors (Lipinski definition) is 6. The van der Waals surface area contributed by atoms with Gasteiger partial charge in [0.1, 0.15) is 23.7 Å². The SMILES string of the molecule is CC[C@H](C)[C@H](NC(=O)OC(C)(C)C)C(=O)N[C@@H](CCSC)C(=O)N[C@@H](CC(C)C)[C@@H](O)C[C@@H](C)C(=O)N[C@@H](CC(C)C)C(=O)NCc1ccccc1. The van der Waals surface area contributed by atoms with Gasteiger partial charge in [0.2, 0.25) is 23.6 Å². The second-order valence-electron chi connectivity index (χ2n) is 15.7. The highest BCUT2D eigenvalue weighted by molar-refractivity contribution is 7.98. The van der Waals surface area contributed by atoms with E-state index in [4.69, 9.17) is 4.74 Å². The number of aliphatic hydroxyl groups is 1. The van der Waals surface area contributed by atoms with Gasteiger partial charge in [-0.2, -0.15) is 11.8 Å².